The molecule has 1 aliphatic heterocycles. The van der Waals surface area contributed by atoms with Crippen molar-refractivity contribution in [2.24, 2.45) is 0 Å². The molecule has 0 N–H and O–H groups in total. The Hall–Kier alpha value is 0.668. The first-order valence-corrected chi connectivity index (χ1v) is 14.8. The van der Waals surface area contributed by atoms with Crippen molar-refractivity contribution in [3.05, 3.63) is 0 Å². The predicted octanol–water partition coefficient (Wildman–Crippen LogP) is 1.00. The summed E-state index contributed by atoms with van der Waals surface area (Å²) in [5, 5.41) is 0. The SMILES string of the molecule is CCCCO[Si]1(C)O[SiH](C)O[SiH](C)O[SiH](C)O1. The fourth-order valence-corrected chi connectivity index (χ4v) is 14.9. The van der Waals surface area contributed by atoms with Gasteiger partial charge in [-0.3, -0.25) is 0 Å². The van der Waals surface area contributed by atoms with Crippen molar-refractivity contribution in [3.63, 3.8) is 0 Å². The molecule has 0 bridgehead atoms. The molecule has 1 heterocycles. The molecule has 0 aromatic heterocycles. The Morgan fingerprint density at radius 2 is 1.53 bits per heavy atom. The molecule has 9 heteroatoms. The van der Waals surface area contributed by atoms with Crippen LogP contribution in [0.25, 0.3) is 0 Å². The van der Waals surface area contributed by atoms with Gasteiger partial charge in [0.1, 0.15) is 0 Å². The molecule has 0 spiro atoms. The Morgan fingerprint density at radius 1 is 1.00 bits per heavy atom. The topological polar surface area (TPSA) is 46.2 Å². The van der Waals surface area contributed by atoms with E-state index in [1.54, 1.807) is 0 Å². The summed E-state index contributed by atoms with van der Waals surface area (Å²) in [7, 11) is -7.37. The van der Waals surface area contributed by atoms with Gasteiger partial charge >= 0.3 is 27.4 Å². The first-order chi connectivity index (χ1) is 7.95. The third kappa shape index (κ3) is 5.89. The van der Waals surface area contributed by atoms with Gasteiger partial charge in [0.2, 0.25) is 0 Å². The molecular formula is C8H24O5Si4. The average molecular weight is 313 g/mol. The van der Waals surface area contributed by atoms with E-state index in [1.807, 2.05) is 26.2 Å². The van der Waals surface area contributed by atoms with Gasteiger partial charge in [-0.1, -0.05) is 13.3 Å². The first-order valence-electron chi connectivity index (χ1n) is 6.25. The minimum absolute atomic E-state index is 0.703. The van der Waals surface area contributed by atoms with Crippen LogP contribution in [0.1, 0.15) is 19.8 Å². The van der Waals surface area contributed by atoms with E-state index in [9.17, 15) is 0 Å². The molecule has 17 heavy (non-hydrogen) atoms. The zero-order valence-corrected chi connectivity index (χ0v) is 15.9. The smallest absolute Gasteiger partial charge is 0.420 e. The second-order valence-corrected chi connectivity index (χ2v) is 13.8. The maximum Gasteiger partial charge on any atom is 0.479 e. The molecule has 102 valence electrons. The zero-order valence-electron chi connectivity index (χ0n) is 11.4. The Labute approximate surface area is 110 Å². The highest BCUT2D eigenvalue weighted by atomic mass is 28.5. The predicted molar refractivity (Wildman–Crippen MR) is 75.9 cm³/mol. The summed E-state index contributed by atoms with van der Waals surface area (Å²) in [4.78, 5) is 0. The Bertz CT molecular complexity index is 218. The standard InChI is InChI=1S/C8H24O5Si4/c1-6-7-8-9-17(5)12-15(3)10-14(2)11-16(4)13-17/h14-16H,6-8H2,1-5H3. The van der Waals surface area contributed by atoms with Gasteiger partial charge in [0.15, 0.2) is 0 Å². The zero-order chi connectivity index (χ0) is 12.9. The number of rotatable bonds is 4. The summed E-state index contributed by atoms with van der Waals surface area (Å²) in [6.45, 7) is 10.9. The van der Waals surface area contributed by atoms with Crippen LogP contribution in [-0.4, -0.2) is 43.3 Å². The highest BCUT2D eigenvalue weighted by Crippen LogP contribution is 2.17. The van der Waals surface area contributed by atoms with E-state index in [-0.39, 0.29) is 0 Å². The minimum Gasteiger partial charge on any atom is -0.420 e. The van der Waals surface area contributed by atoms with Gasteiger partial charge in [0.05, 0.1) is 0 Å². The summed E-state index contributed by atoms with van der Waals surface area (Å²) in [5.41, 5.74) is 0. The molecule has 1 saturated heterocycles. The monoisotopic (exact) mass is 312 g/mol. The quantitative estimate of drug-likeness (QED) is 0.572. The van der Waals surface area contributed by atoms with Crippen LogP contribution >= 0.6 is 0 Å². The normalized spacial score (nSPS) is 39.7. The van der Waals surface area contributed by atoms with E-state index >= 15 is 0 Å². The second kappa shape index (κ2) is 7.30. The lowest BCUT2D eigenvalue weighted by molar-refractivity contribution is 0.143. The van der Waals surface area contributed by atoms with Crippen LogP contribution in [0.2, 0.25) is 26.2 Å². The van der Waals surface area contributed by atoms with Crippen LogP contribution < -0.4 is 0 Å². The van der Waals surface area contributed by atoms with E-state index in [4.69, 9.17) is 20.9 Å². The van der Waals surface area contributed by atoms with Gasteiger partial charge in [0, 0.05) is 13.2 Å². The lowest BCUT2D eigenvalue weighted by Crippen LogP contribution is -2.55. The summed E-state index contributed by atoms with van der Waals surface area (Å²) in [6, 6.07) is 0. The van der Waals surface area contributed by atoms with Crippen molar-refractivity contribution in [3.8, 4) is 0 Å². The summed E-state index contributed by atoms with van der Waals surface area (Å²) in [6.07, 6.45) is 2.15. The van der Waals surface area contributed by atoms with Crippen LogP contribution in [0.3, 0.4) is 0 Å². The molecule has 0 aliphatic carbocycles. The van der Waals surface area contributed by atoms with E-state index in [2.05, 4.69) is 6.92 Å². The fourth-order valence-electron chi connectivity index (χ4n) is 1.73. The van der Waals surface area contributed by atoms with Gasteiger partial charge < -0.3 is 20.9 Å². The molecule has 0 aromatic carbocycles. The third-order valence-corrected chi connectivity index (χ3v) is 15.3. The number of hydrogen-bond acceptors (Lipinski definition) is 5. The van der Waals surface area contributed by atoms with Crippen LogP contribution in [0.4, 0.5) is 0 Å². The molecular weight excluding hydrogens is 288 g/mol. The Morgan fingerprint density at radius 3 is 2.00 bits per heavy atom. The maximum atomic E-state index is 5.97. The number of hydrogen-bond donors (Lipinski definition) is 0. The first kappa shape index (κ1) is 15.7. The molecule has 0 aromatic rings. The largest absolute Gasteiger partial charge is 0.479 e. The fraction of sp³-hybridized carbons (Fsp3) is 1.00. The minimum atomic E-state index is -2.52. The lowest BCUT2D eigenvalue weighted by Gasteiger charge is -2.35. The van der Waals surface area contributed by atoms with E-state index < -0.39 is 36.7 Å². The summed E-state index contributed by atoms with van der Waals surface area (Å²) < 4.78 is 29.4. The van der Waals surface area contributed by atoms with E-state index in [1.165, 1.54) is 0 Å². The molecule has 0 saturated carbocycles. The molecule has 0 radical (unpaired) electrons. The van der Waals surface area contributed by atoms with Gasteiger partial charge in [-0.2, -0.15) is 0 Å². The second-order valence-electron chi connectivity index (χ2n) is 4.28. The Kier molecular flexibility index (Phi) is 6.76. The van der Waals surface area contributed by atoms with Crippen LogP contribution in [0, 0.1) is 0 Å². The number of unbranched alkanes of at least 4 members (excludes halogenated alkanes) is 1. The molecule has 2 atom stereocenters. The van der Waals surface area contributed by atoms with Gasteiger partial charge in [-0.25, -0.2) is 0 Å². The van der Waals surface area contributed by atoms with Crippen molar-refractivity contribution >= 4 is 36.7 Å². The van der Waals surface area contributed by atoms with Crippen LogP contribution in [0.15, 0.2) is 0 Å². The average Bonchev–Trinajstić information content (AvgIpc) is 2.14. The van der Waals surface area contributed by atoms with Crippen molar-refractivity contribution < 1.29 is 20.9 Å². The van der Waals surface area contributed by atoms with Crippen molar-refractivity contribution in [1.29, 1.82) is 0 Å². The molecule has 0 amide bonds. The van der Waals surface area contributed by atoms with Crippen LogP contribution in [-0.2, 0) is 20.9 Å². The maximum absolute atomic E-state index is 5.97. The molecule has 1 fully saturated rings. The molecule has 1 rings (SSSR count). The Balaban J connectivity index is 2.55. The van der Waals surface area contributed by atoms with E-state index in [0.717, 1.165) is 12.8 Å². The highest BCUT2D eigenvalue weighted by Gasteiger charge is 2.41. The summed E-state index contributed by atoms with van der Waals surface area (Å²) in [5.74, 6) is 0. The van der Waals surface area contributed by atoms with Crippen molar-refractivity contribution in [1.82, 2.24) is 0 Å². The molecule has 5 nitrogen and oxygen atoms in total. The van der Waals surface area contributed by atoms with E-state index in [0.29, 0.717) is 6.61 Å². The van der Waals surface area contributed by atoms with Gasteiger partial charge in [0.25, 0.3) is 9.28 Å². The van der Waals surface area contributed by atoms with Gasteiger partial charge in [-0.05, 0) is 26.1 Å². The van der Waals surface area contributed by atoms with Crippen LogP contribution in [0.5, 0.6) is 0 Å². The highest BCUT2D eigenvalue weighted by molar-refractivity contribution is 6.77. The molecule has 1 aliphatic rings. The third-order valence-electron chi connectivity index (χ3n) is 2.39. The molecule has 2 unspecified atom stereocenters. The lowest BCUT2D eigenvalue weighted by atomic mass is 10.4. The van der Waals surface area contributed by atoms with Crippen molar-refractivity contribution in [2.45, 2.75) is 46.0 Å². The van der Waals surface area contributed by atoms with Crippen molar-refractivity contribution in [2.75, 3.05) is 6.61 Å². The van der Waals surface area contributed by atoms with Gasteiger partial charge in [-0.15, -0.1) is 0 Å². The summed E-state index contributed by atoms with van der Waals surface area (Å²) >= 11 is 0.